The molecule has 2 aromatic heterocycles. The molecule has 0 saturated heterocycles. The summed E-state index contributed by atoms with van der Waals surface area (Å²) in [5.74, 6) is -1.75. The zero-order chi connectivity index (χ0) is 27.7. The maximum absolute atomic E-state index is 15.1. The molecule has 0 aliphatic heterocycles. The van der Waals surface area contributed by atoms with E-state index in [9.17, 15) is 14.0 Å². The van der Waals surface area contributed by atoms with Crippen LogP contribution in [0.15, 0.2) is 97.5 Å². The fourth-order valence-corrected chi connectivity index (χ4v) is 4.42. The van der Waals surface area contributed by atoms with Gasteiger partial charge in [-0.2, -0.15) is 0 Å². The van der Waals surface area contributed by atoms with Crippen LogP contribution in [0.5, 0.6) is 11.5 Å². The van der Waals surface area contributed by atoms with E-state index in [1.807, 2.05) is 30.3 Å². The molecule has 0 atom stereocenters. The molecule has 6 rings (SSSR count). The molecule has 1 aliphatic carbocycles. The largest absolute Gasteiger partial charge is 0.454 e. The van der Waals surface area contributed by atoms with Gasteiger partial charge in [0.25, 0.3) is 0 Å². The number of nitrogens with one attached hydrogen (secondary N) is 2. The number of pyridine rings is 2. The minimum Gasteiger partial charge on any atom is -0.454 e. The highest BCUT2D eigenvalue weighted by Gasteiger charge is 2.56. The van der Waals surface area contributed by atoms with Crippen molar-refractivity contribution in [3.63, 3.8) is 0 Å². The number of hydrogen-bond donors (Lipinski definition) is 2. The van der Waals surface area contributed by atoms with Gasteiger partial charge >= 0.3 is 0 Å². The van der Waals surface area contributed by atoms with Crippen LogP contribution in [0.25, 0.3) is 22.0 Å². The van der Waals surface area contributed by atoms with Gasteiger partial charge in [-0.05, 0) is 79.1 Å². The molecule has 0 spiro atoms. The van der Waals surface area contributed by atoms with Crippen molar-refractivity contribution in [2.75, 3.05) is 10.6 Å². The normalized spacial score (nSPS) is 13.1. The van der Waals surface area contributed by atoms with E-state index >= 15 is 4.39 Å². The van der Waals surface area contributed by atoms with Gasteiger partial charge in [0, 0.05) is 47.0 Å². The zero-order valence-corrected chi connectivity index (χ0v) is 22.3. The third-order valence-corrected chi connectivity index (χ3v) is 6.83. The van der Waals surface area contributed by atoms with E-state index in [1.165, 1.54) is 36.4 Å². The van der Waals surface area contributed by atoms with Gasteiger partial charge in [0.1, 0.15) is 17.0 Å². The van der Waals surface area contributed by atoms with Crippen molar-refractivity contribution >= 4 is 46.5 Å². The Morgan fingerprint density at radius 2 is 1.51 bits per heavy atom. The van der Waals surface area contributed by atoms with Crippen molar-refractivity contribution in [3.05, 3.63) is 109 Å². The van der Waals surface area contributed by atoms with Crippen LogP contribution in [0.2, 0.25) is 0 Å². The van der Waals surface area contributed by atoms with Gasteiger partial charge in [-0.1, -0.05) is 12.1 Å². The van der Waals surface area contributed by atoms with Gasteiger partial charge in [0.05, 0.1) is 5.52 Å². The number of ether oxygens (including phenoxy) is 1. The minimum absolute atomic E-state index is 0. The molecule has 3 aromatic carbocycles. The number of amides is 2. The molecule has 7 nitrogen and oxygen atoms in total. The van der Waals surface area contributed by atoms with Crippen molar-refractivity contribution in [1.82, 2.24) is 9.97 Å². The molecule has 2 heterocycles. The SMILES string of the molecule is Cl.O=C(Nc1ccc(F)cc1)C1(C(=O)Nc2ccc(Oc3ccnc4cc(-c5cccnc5)ccc34)c(F)c2)CC1. The number of halogens is 3. The van der Waals surface area contributed by atoms with Crippen LogP contribution >= 0.6 is 12.4 Å². The maximum Gasteiger partial charge on any atom is 0.240 e. The van der Waals surface area contributed by atoms with E-state index in [4.69, 9.17) is 4.74 Å². The lowest BCUT2D eigenvalue weighted by atomic mass is 10.0. The third kappa shape index (κ3) is 5.71. The van der Waals surface area contributed by atoms with Crippen molar-refractivity contribution in [3.8, 4) is 22.6 Å². The Labute approximate surface area is 240 Å². The molecule has 1 saturated carbocycles. The monoisotopic (exact) mass is 572 g/mol. The van der Waals surface area contributed by atoms with Crippen LogP contribution in [-0.4, -0.2) is 21.8 Å². The molecule has 1 fully saturated rings. The number of fused-ring (bicyclic) bond motifs is 1. The predicted molar refractivity (Wildman–Crippen MR) is 154 cm³/mol. The van der Waals surface area contributed by atoms with Gasteiger partial charge in [-0.15, -0.1) is 12.4 Å². The number of hydrogen-bond acceptors (Lipinski definition) is 5. The van der Waals surface area contributed by atoms with Gasteiger partial charge in [0.2, 0.25) is 11.8 Å². The zero-order valence-electron chi connectivity index (χ0n) is 21.4. The van der Waals surface area contributed by atoms with Gasteiger partial charge in [-0.25, -0.2) is 8.78 Å². The number of rotatable bonds is 7. The first kappa shape index (κ1) is 27.7. The standard InChI is InChI=1S/C31H22F2N4O3.ClH/c32-21-4-6-22(7-5-21)36-29(38)31(12-13-31)30(39)37-23-8-10-28(25(33)17-23)40-27-11-15-35-26-16-19(3-9-24(26)27)20-2-1-14-34-18-20;/h1-11,14-18H,12-13H2,(H,36,38)(H,37,39);1H. The molecule has 0 bridgehead atoms. The third-order valence-electron chi connectivity index (χ3n) is 6.83. The Morgan fingerprint density at radius 1 is 0.780 bits per heavy atom. The average Bonchev–Trinajstić information content (AvgIpc) is 3.79. The summed E-state index contributed by atoms with van der Waals surface area (Å²) in [7, 11) is 0. The predicted octanol–water partition coefficient (Wildman–Crippen LogP) is 7.15. The smallest absolute Gasteiger partial charge is 0.240 e. The van der Waals surface area contributed by atoms with E-state index < -0.39 is 28.9 Å². The summed E-state index contributed by atoms with van der Waals surface area (Å²) >= 11 is 0. The first-order valence-electron chi connectivity index (χ1n) is 12.6. The molecule has 2 amide bonds. The number of carbonyl (C=O) groups is 2. The molecular weight excluding hydrogens is 550 g/mol. The van der Waals surface area contributed by atoms with E-state index in [1.54, 1.807) is 24.7 Å². The first-order valence-corrected chi connectivity index (χ1v) is 12.6. The highest BCUT2D eigenvalue weighted by atomic mass is 35.5. The topological polar surface area (TPSA) is 93.2 Å². The Hall–Kier alpha value is -4.89. The van der Waals surface area contributed by atoms with Crippen LogP contribution in [0.1, 0.15) is 12.8 Å². The summed E-state index contributed by atoms with van der Waals surface area (Å²) in [6.07, 6.45) is 5.76. The molecule has 1 aliphatic rings. The summed E-state index contributed by atoms with van der Waals surface area (Å²) in [5, 5.41) is 5.98. The van der Waals surface area contributed by atoms with E-state index in [0.29, 0.717) is 35.2 Å². The quantitative estimate of drug-likeness (QED) is 0.202. The number of anilines is 2. The Bertz CT molecular complexity index is 1750. The lowest BCUT2D eigenvalue weighted by Crippen LogP contribution is -2.35. The van der Waals surface area contributed by atoms with Gasteiger partial charge in [-0.3, -0.25) is 19.6 Å². The molecule has 10 heteroatoms. The van der Waals surface area contributed by atoms with Crippen LogP contribution in [0.3, 0.4) is 0 Å². The second-order valence-corrected chi connectivity index (χ2v) is 9.53. The highest BCUT2D eigenvalue weighted by molar-refractivity contribution is 6.16. The highest BCUT2D eigenvalue weighted by Crippen LogP contribution is 2.47. The number of carbonyl (C=O) groups excluding carboxylic acids is 2. The minimum atomic E-state index is -1.26. The van der Waals surface area contributed by atoms with Crippen molar-refractivity contribution in [1.29, 1.82) is 0 Å². The maximum atomic E-state index is 15.1. The molecule has 206 valence electrons. The summed E-state index contributed by atoms with van der Waals surface area (Å²) in [4.78, 5) is 34.3. The number of benzene rings is 3. The molecule has 5 aromatic rings. The number of aromatic nitrogens is 2. The molecule has 41 heavy (non-hydrogen) atoms. The van der Waals surface area contributed by atoms with Crippen LogP contribution in [-0.2, 0) is 9.59 Å². The van der Waals surface area contributed by atoms with Crippen LogP contribution in [0.4, 0.5) is 20.2 Å². The summed E-state index contributed by atoms with van der Waals surface area (Å²) < 4.78 is 34.1. The van der Waals surface area contributed by atoms with Crippen LogP contribution < -0.4 is 15.4 Å². The van der Waals surface area contributed by atoms with E-state index in [2.05, 4.69) is 20.6 Å². The summed E-state index contributed by atoms with van der Waals surface area (Å²) in [6, 6.07) is 20.5. The van der Waals surface area contributed by atoms with Crippen molar-refractivity contribution in [2.24, 2.45) is 5.41 Å². The fourth-order valence-electron chi connectivity index (χ4n) is 4.42. The summed E-state index contributed by atoms with van der Waals surface area (Å²) in [6.45, 7) is 0. The second-order valence-electron chi connectivity index (χ2n) is 9.53. The summed E-state index contributed by atoms with van der Waals surface area (Å²) in [5.41, 5.74) is 1.88. The van der Waals surface area contributed by atoms with Gasteiger partial charge < -0.3 is 15.4 Å². The van der Waals surface area contributed by atoms with Crippen LogP contribution in [0, 0.1) is 17.0 Å². The van der Waals surface area contributed by atoms with E-state index in [0.717, 1.165) is 17.2 Å². The Balaban J connectivity index is 0.00000337. The van der Waals surface area contributed by atoms with Gasteiger partial charge in [0.15, 0.2) is 11.6 Å². The second kappa shape index (κ2) is 11.3. The number of nitrogens with zero attached hydrogens (tertiary/aromatic N) is 2. The lowest BCUT2D eigenvalue weighted by molar-refractivity contribution is -0.131. The van der Waals surface area contributed by atoms with E-state index in [-0.39, 0.29) is 23.8 Å². The molecule has 2 N–H and O–H groups in total. The Kier molecular flexibility index (Phi) is 7.63. The van der Waals surface area contributed by atoms with Crippen molar-refractivity contribution < 1.29 is 23.1 Å². The molecule has 0 radical (unpaired) electrons. The first-order chi connectivity index (χ1) is 19.4. The lowest BCUT2D eigenvalue weighted by Gasteiger charge is -2.16. The molecule has 0 unspecified atom stereocenters. The molecular formula is C31H23ClF2N4O3. The Morgan fingerprint density at radius 3 is 2.20 bits per heavy atom. The van der Waals surface area contributed by atoms with Crippen molar-refractivity contribution in [2.45, 2.75) is 12.8 Å². The fraction of sp³-hybridized carbons (Fsp3) is 0.0968. The average molecular weight is 573 g/mol.